The van der Waals surface area contributed by atoms with E-state index in [1.807, 2.05) is 195 Å². The number of hydrogen-bond donors (Lipinski definition) is 0. The Morgan fingerprint density at radius 2 is 0.413 bits per heavy atom. The maximum absolute atomic E-state index is 10.7. The van der Waals surface area contributed by atoms with Crippen molar-refractivity contribution in [3.05, 3.63) is 241 Å². The van der Waals surface area contributed by atoms with E-state index in [1.165, 1.54) is 13.8 Å². The van der Waals surface area contributed by atoms with E-state index in [0.29, 0.717) is 26.2 Å². The summed E-state index contributed by atoms with van der Waals surface area (Å²) in [5.74, 6) is 0. The first-order chi connectivity index (χ1) is 40.4. The van der Waals surface area contributed by atoms with Crippen LogP contribution in [0.25, 0.3) is 0 Å². The van der Waals surface area contributed by atoms with Crippen LogP contribution in [0.15, 0.2) is 195 Å². The van der Waals surface area contributed by atoms with Crippen LogP contribution < -0.4 is 0 Å². The quantitative estimate of drug-likeness (QED) is 0.0577. The van der Waals surface area contributed by atoms with Crippen LogP contribution in [0.4, 0.5) is 101 Å². The second-order valence-electron chi connectivity index (χ2n) is 17.2. The predicted molar refractivity (Wildman–Crippen MR) is 293 cm³/mol. The summed E-state index contributed by atoms with van der Waals surface area (Å²) in [5.41, 5.74) is 7.79. The van der Waals surface area contributed by atoms with E-state index in [2.05, 4.69) is 49.7 Å². The molecule has 8 aromatic rings. The van der Waals surface area contributed by atoms with Crippen molar-refractivity contribution in [1.29, 1.82) is 10.5 Å². The summed E-state index contributed by atoms with van der Waals surface area (Å²) in [7, 11) is -42.6. The summed E-state index contributed by atoms with van der Waals surface area (Å²) in [6, 6.07) is 51.2. The van der Waals surface area contributed by atoms with Crippen molar-refractivity contribution in [2.45, 2.75) is 52.1 Å². The minimum absolute atomic E-state index is 0. The molecule has 0 aliphatic carbocycles. The van der Waals surface area contributed by atoms with Crippen molar-refractivity contribution in [2.75, 3.05) is 0 Å². The first-order valence-electron chi connectivity index (χ1n) is 24.0. The molecule has 0 unspecified atom stereocenters. The van der Waals surface area contributed by atoms with Crippen LogP contribution in [-0.2, 0) is 65.1 Å². The fourth-order valence-electron chi connectivity index (χ4n) is 6.48. The first kappa shape index (κ1) is 87.4. The Morgan fingerprint density at radius 1 is 0.283 bits per heavy atom. The van der Waals surface area contributed by atoms with Gasteiger partial charge in [0.15, 0.2) is 0 Å². The molecule has 0 fully saturated rings. The van der Waals surface area contributed by atoms with Gasteiger partial charge in [-0.25, -0.2) is 0 Å². The summed E-state index contributed by atoms with van der Waals surface area (Å²) in [6.45, 7) is 5.51. The van der Waals surface area contributed by atoms with E-state index in [0.717, 1.165) is 45.6 Å². The van der Waals surface area contributed by atoms with Gasteiger partial charge in [0, 0.05) is 89.6 Å². The zero-order valence-corrected chi connectivity index (χ0v) is 53.4. The van der Waals surface area contributed by atoms with Gasteiger partial charge in [0.25, 0.3) is 0 Å². The van der Waals surface area contributed by atoms with E-state index in [-0.39, 0.29) is 51.0 Å². The number of nitrogens with zero attached hydrogens (tertiary/aromatic N) is 12. The summed E-state index contributed by atoms with van der Waals surface area (Å²) in [6.07, 6.45) is 14.6. The zero-order chi connectivity index (χ0) is 69.1. The van der Waals surface area contributed by atoms with Gasteiger partial charge in [-0.1, -0.05) is 48.5 Å². The SMILES string of the molecule is CC#N.CC#N.F[P-](F)(F)(F)(F)F.F[P-](F)(F)(F)(F)F.F[P-](F)(F)(F)(F)F.F[P-](F)(F)(F)(F)F.[Ru+3].[Ru+3].c1ccc(CN(Cc2ccccn2)C(c2ccccn2)c2ccccn2)nc1.c1ccc(CN(Cc2ccccn2)C(c2ccccn2)c2ccccn2)nc1. The molecule has 0 aliphatic heterocycles. The van der Waals surface area contributed by atoms with Crippen molar-refractivity contribution in [3.8, 4) is 12.1 Å². The van der Waals surface area contributed by atoms with Gasteiger partial charge in [-0.3, -0.25) is 49.7 Å². The average Bonchev–Trinajstić information content (AvgIpc) is 0.899. The molecule has 8 heterocycles. The molecule has 8 aromatic heterocycles. The molecule has 0 N–H and O–H groups in total. The van der Waals surface area contributed by atoms with Crippen LogP contribution in [0.1, 0.15) is 71.5 Å². The van der Waals surface area contributed by atoms with Crippen LogP contribution in [0, 0.1) is 22.7 Å². The second-order valence-corrected chi connectivity index (χ2v) is 24.9. The smallest absolute Gasteiger partial charge is 0.278 e. The molecule has 0 spiro atoms. The van der Waals surface area contributed by atoms with Crippen LogP contribution in [0.5, 0.6) is 0 Å². The summed E-state index contributed by atoms with van der Waals surface area (Å²) in [4.78, 5) is 41.3. The third-order valence-electron chi connectivity index (χ3n) is 8.97. The van der Waals surface area contributed by atoms with Crippen LogP contribution in [0.2, 0.25) is 0 Å². The van der Waals surface area contributed by atoms with Gasteiger partial charge in [-0.2, -0.15) is 10.5 Å². The Balaban J connectivity index is 0. The molecular formula is C50H48F24N12P4Ru2+2. The molecule has 0 saturated carbocycles. The molecular weight excluding hydrogens is 1550 g/mol. The number of aromatic nitrogens is 8. The van der Waals surface area contributed by atoms with E-state index >= 15 is 0 Å². The number of rotatable bonds is 14. The third-order valence-corrected chi connectivity index (χ3v) is 8.97. The normalized spacial score (nSPS) is 14.0. The largest absolute Gasteiger partial charge is 3.00 e. The zero-order valence-electron chi connectivity index (χ0n) is 46.4. The molecule has 2 radical (unpaired) electrons. The first-order valence-corrected chi connectivity index (χ1v) is 32.1. The van der Waals surface area contributed by atoms with Crippen molar-refractivity contribution >= 4 is 31.2 Å². The molecule has 42 heteroatoms. The molecule has 0 aromatic carbocycles. The Morgan fingerprint density at radius 3 is 0.522 bits per heavy atom. The molecule has 12 nitrogen and oxygen atoms in total. The van der Waals surface area contributed by atoms with Crippen molar-refractivity contribution in [1.82, 2.24) is 49.7 Å². The molecule has 0 aliphatic rings. The second kappa shape index (κ2) is 32.0. The van der Waals surface area contributed by atoms with Gasteiger partial charge >= 0.3 is 171 Å². The number of nitriles is 2. The van der Waals surface area contributed by atoms with Gasteiger partial charge in [-0.05, 0) is 97.1 Å². The van der Waals surface area contributed by atoms with E-state index < -0.39 is 31.2 Å². The topological polar surface area (TPSA) is 157 Å². The maximum atomic E-state index is 9.87. The van der Waals surface area contributed by atoms with Crippen molar-refractivity contribution in [2.24, 2.45) is 0 Å². The number of halogens is 24. The van der Waals surface area contributed by atoms with Gasteiger partial charge in [0.1, 0.15) is 0 Å². The molecule has 0 atom stereocenters. The minimum Gasteiger partial charge on any atom is -0.278 e. The van der Waals surface area contributed by atoms with Crippen LogP contribution >= 0.6 is 31.2 Å². The summed E-state index contributed by atoms with van der Waals surface area (Å²) in [5, 5.41) is 14.6. The minimum atomic E-state index is -10.7. The van der Waals surface area contributed by atoms with E-state index in [1.54, 1.807) is 12.1 Å². The summed E-state index contributed by atoms with van der Waals surface area (Å²) >= 11 is 0. The fraction of sp³-hybridized carbons (Fsp3) is 0.160. The Kier molecular flexibility index (Phi) is 30.4. The molecule has 0 bridgehead atoms. The van der Waals surface area contributed by atoms with Gasteiger partial charge in [-0.15, -0.1) is 0 Å². The Bertz CT molecular complexity index is 2970. The summed E-state index contributed by atoms with van der Waals surface area (Å²) < 4.78 is 237. The standard InChI is InChI=1S/2C23H21N5.2C2H3N.4F6P.2Ru/c2*1-5-13-24-19(9-1)17-28(18-20-10-2-6-14-25-20)23(21-11-3-7-15-26-21)22-12-4-8-16-27-22;2*1-2-3;4*1-7(2,3,4,5)6;;/h2*1-16,23H,17-18H2;2*1H3;;;;;;/q;;;;4*-1;2*+3. The molecule has 92 heavy (non-hydrogen) atoms. The third kappa shape index (κ3) is 59.7. The molecule has 8 rings (SSSR count). The predicted octanol–water partition coefficient (Wildman–Crippen LogP) is 22.7. The van der Waals surface area contributed by atoms with E-state index in [4.69, 9.17) is 10.5 Å². The van der Waals surface area contributed by atoms with E-state index in [9.17, 15) is 101 Å². The Labute approximate surface area is 533 Å². The molecule has 0 amide bonds. The van der Waals surface area contributed by atoms with Gasteiger partial charge < -0.3 is 0 Å². The van der Waals surface area contributed by atoms with Crippen molar-refractivity contribution in [3.63, 3.8) is 0 Å². The fourth-order valence-corrected chi connectivity index (χ4v) is 6.48. The molecule has 510 valence electrons. The number of pyridine rings is 8. The van der Waals surface area contributed by atoms with Crippen molar-refractivity contribution < 1.29 is 140 Å². The Hall–Kier alpha value is -6.61. The average molecular weight is 1600 g/mol. The monoisotopic (exact) mass is 1600 g/mol. The number of hydrogen-bond acceptors (Lipinski definition) is 12. The van der Waals surface area contributed by atoms with Crippen LogP contribution in [-0.4, -0.2) is 49.7 Å². The maximum Gasteiger partial charge on any atom is 3.00 e. The molecule has 0 saturated heterocycles. The van der Waals surface area contributed by atoms with Crippen LogP contribution in [0.3, 0.4) is 0 Å². The van der Waals surface area contributed by atoms with Gasteiger partial charge in [0.2, 0.25) is 0 Å². The van der Waals surface area contributed by atoms with Gasteiger partial charge in [0.05, 0.1) is 69.8 Å².